The van der Waals surface area contributed by atoms with E-state index in [-0.39, 0.29) is 0 Å². The van der Waals surface area contributed by atoms with Crippen LogP contribution in [0.4, 0.5) is 0 Å². The number of hydrogen-bond acceptors (Lipinski definition) is 4. The van der Waals surface area contributed by atoms with E-state index >= 15 is 0 Å². The van der Waals surface area contributed by atoms with Gasteiger partial charge >= 0.3 is 0 Å². The monoisotopic (exact) mass is 240 g/mol. The number of aromatic nitrogens is 4. The van der Waals surface area contributed by atoms with Gasteiger partial charge in [0.05, 0.1) is 17.1 Å². The highest BCUT2D eigenvalue weighted by atomic mass is 16.3. The first-order valence-corrected chi connectivity index (χ1v) is 5.70. The van der Waals surface area contributed by atoms with Crippen LogP contribution in [-0.2, 0) is 6.42 Å². The van der Waals surface area contributed by atoms with E-state index in [0.717, 1.165) is 22.4 Å². The molecule has 3 rings (SSSR count). The van der Waals surface area contributed by atoms with Gasteiger partial charge in [-0.1, -0.05) is 6.07 Å². The van der Waals surface area contributed by atoms with Crippen molar-refractivity contribution in [1.29, 1.82) is 0 Å². The van der Waals surface area contributed by atoms with Crippen molar-refractivity contribution in [3.63, 3.8) is 0 Å². The van der Waals surface area contributed by atoms with Gasteiger partial charge in [-0.3, -0.25) is 9.97 Å². The third-order valence-electron chi connectivity index (χ3n) is 2.82. The summed E-state index contributed by atoms with van der Waals surface area (Å²) in [5.74, 6) is 0.766. The summed E-state index contributed by atoms with van der Waals surface area (Å²) < 4.78 is 0. The fourth-order valence-electron chi connectivity index (χ4n) is 1.90. The Labute approximate surface area is 104 Å². The van der Waals surface area contributed by atoms with E-state index < -0.39 is 6.10 Å². The van der Waals surface area contributed by atoms with Gasteiger partial charge in [0.1, 0.15) is 5.82 Å². The summed E-state index contributed by atoms with van der Waals surface area (Å²) in [7, 11) is 0. The molecule has 5 nitrogen and oxygen atoms in total. The van der Waals surface area contributed by atoms with Crippen molar-refractivity contribution in [2.24, 2.45) is 0 Å². The van der Waals surface area contributed by atoms with E-state index in [1.54, 1.807) is 24.8 Å². The fourth-order valence-corrected chi connectivity index (χ4v) is 1.90. The average Bonchev–Trinajstić information content (AvgIpc) is 2.91. The number of fused-ring (bicyclic) bond motifs is 1. The van der Waals surface area contributed by atoms with Crippen molar-refractivity contribution in [3.05, 3.63) is 54.4 Å². The molecule has 1 aromatic carbocycles. The number of benzene rings is 1. The van der Waals surface area contributed by atoms with Crippen LogP contribution < -0.4 is 0 Å². The standard InChI is InChI=1S/C13H12N4O/c18-12(8-13-16-5-6-17-13)9-1-2-10-11(7-9)15-4-3-14-10/h1-7,12,18H,8H2,(H,16,17). The second-order valence-corrected chi connectivity index (χ2v) is 4.06. The summed E-state index contributed by atoms with van der Waals surface area (Å²) in [5, 5.41) is 10.1. The van der Waals surface area contributed by atoms with E-state index in [1.165, 1.54) is 0 Å². The largest absolute Gasteiger partial charge is 0.388 e. The lowest BCUT2D eigenvalue weighted by atomic mass is 10.1. The minimum absolute atomic E-state index is 0.457. The summed E-state index contributed by atoms with van der Waals surface area (Å²) in [6.45, 7) is 0. The topological polar surface area (TPSA) is 74.7 Å². The van der Waals surface area contributed by atoms with Crippen molar-refractivity contribution in [3.8, 4) is 0 Å². The Morgan fingerprint density at radius 1 is 1.06 bits per heavy atom. The highest BCUT2D eigenvalue weighted by molar-refractivity contribution is 5.74. The minimum Gasteiger partial charge on any atom is -0.388 e. The molecule has 0 aliphatic carbocycles. The molecular formula is C13H12N4O. The van der Waals surface area contributed by atoms with Crippen LogP contribution in [0.3, 0.4) is 0 Å². The second-order valence-electron chi connectivity index (χ2n) is 4.06. The molecule has 0 radical (unpaired) electrons. The Bertz CT molecular complexity index is 651. The highest BCUT2D eigenvalue weighted by Crippen LogP contribution is 2.19. The van der Waals surface area contributed by atoms with Gasteiger partial charge in [-0.25, -0.2) is 4.98 Å². The molecule has 2 heterocycles. The van der Waals surface area contributed by atoms with E-state index in [4.69, 9.17) is 0 Å². The van der Waals surface area contributed by atoms with Crippen LogP contribution in [-0.4, -0.2) is 25.0 Å². The molecule has 90 valence electrons. The SMILES string of the molecule is OC(Cc1ncc[nH]1)c1ccc2nccnc2c1. The number of nitrogens with zero attached hydrogens (tertiary/aromatic N) is 3. The molecule has 0 saturated heterocycles. The maximum Gasteiger partial charge on any atom is 0.108 e. The normalized spacial score (nSPS) is 12.7. The average molecular weight is 240 g/mol. The van der Waals surface area contributed by atoms with E-state index in [0.29, 0.717) is 6.42 Å². The van der Waals surface area contributed by atoms with Crippen molar-refractivity contribution in [2.45, 2.75) is 12.5 Å². The Hall–Kier alpha value is -2.27. The summed E-state index contributed by atoms with van der Waals surface area (Å²) in [6.07, 6.45) is 6.58. The first kappa shape index (κ1) is 10.9. The number of H-pyrrole nitrogens is 1. The molecule has 0 amide bonds. The van der Waals surface area contributed by atoms with Gasteiger partial charge in [0.2, 0.25) is 0 Å². The van der Waals surface area contributed by atoms with E-state index in [1.807, 2.05) is 18.2 Å². The zero-order chi connectivity index (χ0) is 12.4. The lowest BCUT2D eigenvalue weighted by molar-refractivity contribution is 0.176. The number of rotatable bonds is 3. The zero-order valence-corrected chi connectivity index (χ0v) is 9.61. The second kappa shape index (κ2) is 4.54. The molecule has 1 atom stereocenters. The van der Waals surface area contributed by atoms with Crippen molar-refractivity contribution < 1.29 is 5.11 Å². The van der Waals surface area contributed by atoms with Gasteiger partial charge in [0, 0.05) is 31.2 Å². The van der Waals surface area contributed by atoms with Crippen LogP contribution in [0, 0.1) is 0 Å². The van der Waals surface area contributed by atoms with Gasteiger partial charge < -0.3 is 10.1 Å². The van der Waals surface area contributed by atoms with Crippen molar-refractivity contribution >= 4 is 11.0 Å². The molecule has 0 aliphatic rings. The Balaban J connectivity index is 1.89. The van der Waals surface area contributed by atoms with E-state index in [9.17, 15) is 5.11 Å². The number of aliphatic hydroxyl groups excluding tert-OH is 1. The third-order valence-corrected chi connectivity index (χ3v) is 2.82. The van der Waals surface area contributed by atoms with Crippen LogP contribution >= 0.6 is 0 Å². The van der Waals surface area contributed by atoms with Crippen LogP contribution in [0.5, 0.6) is 0 Å². The number of hydrogen-bond donors (Lipinski definition) is 2. The third kappa shape index (κ3) is 2.08. The molecule has 3 aromatic rings. The van der Waals surface area contributed by atoms with Crippen LogP contribution in [0.25, 0.3) is 11.0 Å². The van der Waals surface area contributed by atoms with Crippen LogP contribution in [0.2, 0.25) is 0 Å². The summed E-state index contributed by atoms with van der Waals surface area (Å²) in [4.78, 5) is 15.5. The maximum absolute atomic E-state index is 10.1. The van der Waals surface area contributed by atoms with Gasteiger partial charge in [0.15, 0.2) is 0 Å². The number of nitrogens with one attached hydrogen (secondary N) is 1. The first-order chi connectivity index (χ1) is 8.83. The summed E-state index contributed by atoms with van der Waals surface area (Å²) in [6, 6.07) is 5.59. The molecule has 0 spiro atoms. The van der Waals surface area contributed by atoms with Gasteiger partial charge in [-0.15, -0.1) is 0 Å². The smallest absolute Gasteiger partial charge is 0.108 e. The number of aliphatic hydroxyl groups is 1. The van der Waals surface area contributed by atoms with Gasteiger partial charge in [-0.05, 0) is 17.7 Å². The number of imidazole rings is 1. The number of aromatic amines is 1. The Morgan fingerprint density at radius 2 is 1.89 bits per heavy atom. The predicted molar refractivity (Wildman–Crippen MR) is 66.8 cm³/mol. The highest BCUT2D eigenvalue weighted by Gasteiger charge is 2.11. The molecule has 2 N–H and O–H groups in total. The lowest BCUT2D eigenvalue weighted by Gasteiger charge is -2.09. The lowest BCUT2D eigenvalue weighted by Crippen LogP contribution is -2.03. The molecule has 0 aliphatic heterocycles. The summed E-state index contributed by atoms with van der Waals surface area (Å²) >= 11 is 0. The van der Waals surface area contributed by atoms with Gasteiger partial charge in [0.25, 0.3) is 0 Å². The van der Waals surface area contributed by atoms with Crippen molar-refractivity contribution in [2.75, 3.05) is 0 Å². The quantitative estimate of drug-likeness (QED) is 0.729. The minimum atomic E-state index is -0.595. The Kier molecular flexibility index (Phi) is 2.74. The molecule has 0 saturated carbocycles. The molecule has 1 unspecified atom stereocenters. The predicted octanol–water partition coefficient (Wildman–Crippen LogP) is 1.63. The zero-order valence-electron chi connectivity index (χ0n) is 9.61. The molecule has 0 fully saturated rings. The molecular weight excluding hydrogens is 228 g/mol. The molecule has 5 heteroatoms. The molecule has 18 heavy (non-hydrogen) atoms. The first-order valence-electron chi connectivity index (χ1n) is 5.70. The fraction of sp³-hybridized carbons (Fsp3) is 0.154. The molecule has 0 bridgehead atoms. The Morgan fingerprint density at radius 3 is 2.67 bits per heavy atom. The summed E-state index contributed by atoms with van der Waals surface area (Å²) in [5.41, 5.74) is 2.43. The van der Waals surface area contributed by atoms with Crippen LogP contribution in [0.1, 0.15) is 17.5 Å². The van der Waals surface area contributed by atoms with Gasteiger partial charge in [-0.2, -0.15) is 0 Å². The molecule has 2 aromatic heterocycles. The van der Waals surface area contributed by atoms with Crippen LogP contribution in [0.15, 0.2) is 43.0 Å². The van der Waals surface area contributed by atoms with Crippen molar-refractivity contribution in [1.82, 2.24) is 19.9 Å². The van der Waals surface area contributed by atoms with E-state index in [2.05, 4.69) is 19.9 Å². The maximum atomic E-state index is 10.1.